The minimum Gasteiger partial charge on any atom is -0.311 e. The van der Waals surface area contributed by atoms with Crippen molar-refractivity contribution in [3.05, 3.63) is 318 Å². The van der Waals surface area contributed by atoms with Crippen LogP contribution in [0.5, 0.6) is 0 Å². The van der Waals surface area contributed by atoms with Crippen LogP contribution in [-0.4, -0.2) is 6.71 Å². The number of hydrogen-bond acceptors (Lipinski definition) is 2. The van der Waals surface area contributed by atoms with Gasteiger partial charge in [-0.1, -0.05) is 248 Å². The first-order valence-electron chi connectivity index (χ1n) is 33.5. The molecule has 19 rings (SSSR count). The molecule has 95 heavy (non-hydrogen) atoms. The van der Waals surface area contributed by atoms with Crippen LogP contribution in [0.4, 0.5) is 34.1 Å². The number of anilines is 6. The molecule has 2 heterocycles. The second-order valence-electron chi connectivity index (χ2n) is 27.0. The van der Waals surface area contributed by atoms with Crippen LogP contribution < -0.4 is 26.2 Å². The topological polar surface area (TPSA) is 6.48 Å². The fourth-order valence-corrected chi connectivity index (χ4v) is 17.4. The largest absolute Gasteiger partial charge is 0.311 e. The van der Waals surface area contributed by atoms with Gasteiger partial charge in [0, 0.05) is 34.1 Å². The molecular formula is C92H65BN2. The minimum atomic E-state index is -0.213. The van der Waals surface area contributed by atoms with Crippen LogP contribution in [0, 0.1) is 41.5 Å². The van der Waals surface area contributed by atoms with Gasteiger partial charge in [-0.25, -0.2) is 0 Å². The monoisotopic (exact) mass is 1210 g/mol. The zero-order valence-electron chi connectivity index (χ0n) is 54.1. The Morgan fingerprint density at radius 3 is 0.905 bits per heavy atom. The zero-order valence-corrected chi connectivity index (χ0v) is 54.1. The van der Waals surface area contributed by atoms with Gasteiger partial charge < -0.3 is 9.80 Å². The van der Waals surface area contributed by atoms with E-state index in [0.29, 0.717) is 0 Å². The first-order valence-corrected chi connectivity index (χ1v) is 33.5. The standard InChI is InChI=1S/C92H65BN2/c1-54-46-56(3)84(57(4)47-54)74-40-30-67-32-44-78-88-69(34-42-76(74)86(67)88)50-80-90(78)93-91-79-45-33-68-31-41-75(85-58(5)48-55(2)49-59(85)6)77-43-35-70(89(79)87(68)77)51-81(91)95(73-38-28-65(29-39-73)62-20-14-9-15-21-62)83-53-71(66-24-22-63(23-25-66)60-16-10-7-11-17-60)52-82(92(83)93)94(80)72-36-26-64(27-37-72)61-18-12-8-13-19-61/h7-53H,1-6H3. The number of nitrogens with zero attached hydrogens (tertiary/aromatic N) is 2. The molecule has 0 N–H and O–H groups in total. The Balaban J connectivity index is 0.960. The van der Waals surface area contributed by atoms with E-state index in [-0.39, 0.29) is 6.71 Å². The molecule has 0 saturated heterocycles. The fourth-order valence-electron chi connectivity index (χ4n) is 17.4. The lowest BCUT2D eigenvalue weighted by atomic mass is 9.32. The predicted octanol–water partition coefficient (Wildman–Crippen LogP) is 23.4. The molecule has 17 aromatic rings. The summed E-state index contributed by atoms with van der Waals surface area (Å²) in [6, 6.07) is 109. The maximum absolute atomic E-state index is 2.64. The fraction of sp³-hybridized carbons (Fsp3) is 0.0652. The second-order valence-corrected chi connectivity index (χ2v) is 27.0. The van der Waals surface area contributed by atoms with E-state index in [2.05, 4.69) is 336 Å². The van der Waals surface area contributed by atoms with Crippen molar-refractivity contribution in [2.24, 2.45) is 0 Å². The normalized spacial score (nSPS) is 12.7. The van der Waals surface area contributed by atoms with Crippen molar-refractivity contribution in [3.63, 3.8) is 0 Å². The van der Waals surface area contributed by atoms with E-state index in [1.165, 1.54) is 193 Å². The van der Waals surface area contributed by atoms with E-state index in [9.17, 15) is 0 Å². The van der Waals surface area contributed by atoms with E-state index in [1.807, 2.05) is 0 Å². The number of benzene rings is 17. The summed E-state index contributed by atoms with van der Waals surface area (Å²) in [5.41, 5.74) is 33.4. The summed E-state index contributed by atoms with van der Waals surface area (Å²) < 4.78 is 0. The molecule has 0 amide bonds. The van der Waals surface area contributed by atoms with E-state index in [0.717, 1.165) is 22.5 Å². The molecular weight excluding hydrogens is 1140 g/mol. The van der Waals surface area contributed by atoms with Gasteiger partial charge in [0.1, 0.15) is 0 Å². The van der Waals surface area contributed by atoms with Crippen molar-refractivity contribution in [2.45, 2.75) is 41.5 Å². The van der Waals surface area contributed by atoms with E-state index in [1.54, 1.807) is 0 Å². The molecule has 0 fully saturated rings. The van der Waals surface area contributed by atoms with Crippen LogP contribution in [0.3, 0.4) is 0 Å². The van der Waals surface area contributed by atoms with Crippen LogP contribution in [-0.2, 0) is 0 Å². The maximum atomic E-state index is 2.64. The van der Waals surface area contributed by atoms with Crippen molar-refractivity contribution in [2.75, 3.05) is 9.80 Å². The Labute approximate surface area is 555 Å². The van der Waals surface area contributed by atoms with Crippen molar-refractivity contribution < 1.29 is 0 Å². The predicted molar refractivity (Wildman–Crippen MR) is 409 cm³/mol. The van der Waals surface area contributed by atoms with Crippen LogP contribution >= 0.6 is 0 Å². The average Bonchev–Trinajstić information content (AvgIpc) is 0.676. The molecule has 0 spiro atoms. The van der Waals surface area contributed by atoms with Crippen molar-refractivity contribution in [3.8, 4) is 66.8 Å². The lowest BCUT2D eigenvalue weighted by molar-refractivity contribution is 1.26. The Bertz CT molecular complexity index is 5620. The summed E-state index contributed by atoms with van der Waals surface area (Å²) >= 11 is 0. The van der Waals surface area contributed by atoms with Crippen LogP contribution in [0.25, 0.3) is 131 Å². The smallest absolute Gasteiger partial charge is 0.253 e. The number of fused-ring (bicyclic) bond motifs is 6. The average molecular weight is 1210 g/mol. The molecule has 2 aliphatic rings. The Hall–Kier alpha value is -11.5. The summed E-state index contributed by atoms with van der Waals surface area (Å²) in [5.74, 6) is 0. The summed E-state index contributed by atoms with van der Waals surface area (Å²) in [5, 5.41) is 15.4. The van der Waals surface area contributed by atoms with Gasteiger partial charge >= 0.3 is 0 Å². The lowest BCUT2D eigenvalue weighted by Crippen LogP contribution is -2.61. The summed E-state index contributed by atoms with van der Waals surface area (Å²) in [7, 11) is 0. The van der Waals surface area contributed by atoms with Gasteiger partial charge in [-0.3, -0.25) is 0 Å². The lowest BCUT2D eigenvalue weighted by Gasteiger charge is -2.45. The van der Waals surface area contributed by atoms with Crippen molar-refractivity contribution >= 4 is 122 Å². The number of aryl methyl sites for hydroxylation is 6. The summed E-state index contributed by atoms with van der Waals surface area (Å²) in [6.45, 7) is 13.4. The molecule has 2 aliphatic heterocycles. The van der Waals surface area contributed by atoms with Crippen molar-refractivity contribution in [1.29, 1.82) is 0 Å². The van der Waals surface area contributed by atoms with Gasteiger partial charge in [-0.05, 0) is 260 Å². The molecule has 2 nitrogen and oxygen atoms in total. The van der Waals surface area contributed by atoms with E-state index >= 15 is 0 Å². The third-order valence-electron chi connectivity index (χ3n) is 21.3. The first kappa shape index (κ1) is 55.2. The highest BCUT2D eigenvalue weighted by Gasteiger charge is 2.46. The molecule has 0 unspecified atom stereocenters. The molecule has 0 aromatic heterocycles. The number of rotatable bonds is 8. The van der Waals surface area contributed by atoms with Gasteiger partial charge in [-0.2, -0.15) is 0 Å². The Morgan fingerprint density at radius 2 is 0.526 bits per heavy atom. The van der Waals surface area contributed by atoms with Crippen LogP contribution in [0.1, 0.15) is 33.4 Å². The van der Waals surface area contributed by atoms with Gasteiger partial charge in [0.15, 0.2) is 0 Å². The Morgan fingerprint density at radius 1 is 0.232 bits per heavy atom. The third-order valence-corrected chi connectivity index (χ3v) is 21.3. The summed E-state index contributed by atoms with van der Waals surface area (Å²) in [6.07, 6.45) is 0. The highest BCUT2D eigenvalue weighted by atomic mass is 15.2. The van der Waals surface area contributed by atoms with E-state index in [4.69, 9.17) is 0 Å². The Kier molecular flexibility index (Phi) is 12.2. The molecule has 0 saturated carbocycles. The highest BCUT2D eigenvalue weighted by molar-refractivity contribution is 7.03. The molecule has 0 bridgehead atoms. The van der Waals surface area contributed by atoms with Crippen LogP contribution in [0.2, 0.25) is 0 Å². The molecule has 3 heteroatoms. The number of hydrogen-bond donors (Lipinski definition) is 0. The molecule has 17 aromatic carbocycles. The van der Waals surface area contributed by atoms with Crippen LogP contribution in [0.15, 0.2) is 285 Å². The third kappa shape index (κ3) is 8.38. The van der Waals surface area contributed by atoms with Crippen molar-refractivity contribution in [1.82, 2.24) is 0 Å². The quantitative estimate of drug-likeness (QED) is 0.111. The minimum absolute atomic E-state index is 0.213. The maximum Gasteiger partial charge on any atom is 0.253 e. The summed E-state index contributed by atoms with van der Waals surface area (Å²) in [4.78, 5) is 5.27. The zero-order chi connectivity index (χ0) is 63.5. The molecule has 0 aliphatic carbocycles. The molecule has 0 radical (unpaired) electrons. The van der Waals surface area contributed by atoms with Gasteiger partial charge in [-0.15, -0.1) is 0 Å². The first-order chi connectivity index (χ1) is 46.6. The SMILES string of the molecule is Cc1cc(C)c(-c2ccc3ccc4c5c(cc6ccc2c3c64)N(c2ccc(-c3ccccc3)cc2)c2cc(-c3ccc(-c4ccccc4)cc3)cc3c2B5c2c(cc4ccc5c(-c6c(C)cc(C)cc6C)ccc6ccc2c4c65)N3c2ccc(-c3ccccc3)cc2)c(C)c1. The molecule has 446 valence electrons. The van der Waals surface area contributed by atoms with Gasteiger partial charge in [0.2, 0.25) is 0 Å². The van der Waals surface area contributed by atoms with E-state index < -0.39 is 0 Å². The second kappa shape index (κ2) is 21.0. The molecule has 0 atom stereocenters. The highest BCUT2D eigenvalue weighted by Crippen LogP contribution is 2.52. The van der Waals surface area contributed by atoms with Gasteiger partial charge in [0.25, 0.3) is 6.71 Å². The van der Waals surface area contributed by atoms with Gasteiger partial charge in [0.05, 0.1) is 0 Å².